The van der Waals surface area contributed by atoms with Gasteiger partial charge in [-0.1, -0.05) is 48.5 Å². The Kier molecular flexibility index (Phi) is 4.88. The molecule has 0 spiro atoms. The predicted molar refractivity (Wildman–Crippen MR) is 92.5 cm³/mol. The van der Waals surface area contributed by atoms with Crippen molar-refractivity contribution in [3.8, 4) is 0 Å². The van der Waals surface area contributed by atoms with E-state index < -0.39 is 6.09 Å². The number of alkyl carbamates (subject to hydrolysis) is 1. The fourth-order valence-electron chi connectivity index (χ4n) is 2.46. The number of ether oxygens (including phenoxy) is 1. The summed E-state index contributed by atoms with van der Waals surface area (Å²) in [6.07, 6.45) is 2.23. The zero-order valence-corrected chi connectivity index (χ0v) is 13.7. The molecule has 3 rings (SSSR count). The lowest BCUT2D eigenvalue weighted by Gasteiger charge is -2.14. The number of carbonyl (C=O) groups excluding carboxylic acids is 1. The Labute approximate surface area is 139 Å². The van der Waals surface area contributed by atoms with Crippen LogP contribution in [-0.4, -0.2) is 16.5 Å². The van der Waals surface area contributed by atoms with Gasteiger partial charge in [0.15, 0.2) is 0 Å². The minimum Gasteiger partial charge on any atom is -0.445 e. The van der Waals surface area contributed by atoms with Gasteiger partial charge in [0.05, 0.1) is 4.70 Å². The lowest BCUT2D eigenvalue weighted by Crippen LogP contribution is -2.34. The number of aromatic nitrogens is 1. The second-order valence-corrected chi connectivity index (χ2v) is 6.27. The Morgan fingerprint density at radius 3 is 2.87 bits per heavy atom. The molecule has 1 amide bonds. The van der Waals surface area contributed by atoms with Crippen molar-refractivity contribution in [2.75, 3.05) is 0 Å². The first-order chi connectivity index (χ1) is 11.2. The van der Waals surface area contributed by atoms with Gasteiger partial charge in [-0.25, -0.2) is 4.79 Å². The Balaban J connectivity index is 1.53. The summed E-state index contributed by atoms with van der Waals surface area (Å²) < 4.78 is 10.7. The van der Waals surface area contributed by atoms with Crippen molar-refractivity contribution in [2.24, 2.45) is 0 Å². The van der Waals surface area contributed by atoms with E-state index in [4.69, 9.17) is 4.74 Å². The number of hydrogen-bond donors (Lipinski definition) is 1. The fourth-order valence-corrected chi connectivity index (χ4v) is 3.23. The summed E-state index contributed by atoms with van der Waals surface area (Å²) in [5, 5.41) is 4.02. The van der Waals surface area contributed by atoms with E-state index in [1.54, 1.807) is 0 Å². The molecule has 23 heavy (non-hydrogen) atoms. The molecule has 0 fully saturated rings. The third-order valence-corrected chi connectivity index (χ3v) is 4.46. The molecule has 118 valence electrons. The van der Waals surface area contributed by atoms with Crippen LogP contribution in [0.15, 0.2) is 54.7 Å². The molecule has 0 aliphatic heterocycles. The number of carbonyl (C=O) groups is 1. The van der Waals surface area contributed by atoms with E-state index in [9.17, 15) is 4.79 Å². The topological polar surface area (TPSA) is 51.2 Å². The summed E-state index contributed by atoms with van der Waals surface area (Å²) in [6.45, 7) is 2.26. The molecule has 1 atom stereocenters. The highest BCUT2D eigenvalue weighted by molar-refractivity contribution is 7.13. The zero-order valence-electron chi connectivity index (χ0n) is 12.9. The van der Waals surface area contributed by atoms with Crippen LogP contribution < -0.4 is 5.32 Å². The summed E-state index contributed by atoms with van der Waals surface area (Å²) in [6, 6.07) is 15.8. The first-order valence-electron chi connectivity index (χ1n) is 7.52. The van der Waals surface area contributed by atoms with Gasteiger partial charge in [-0.3, -0.25) is 0 Å². The van der Waals surface area contributed by atoms with E-state index in [1.165, 1.54) is 21.8 Å². The van der Waals surface area contributed by atoms with Crippen molar-refractivity contribution in [3.63, 3.8) is 0 Å². The van der Waals surface area contributed by atoms with Gasteiger partial charge >= 0.3 is 6.09 Å². The Morgan fingerprint density at radius 1 is 1.22 bits per heavy atom. The number of fused-ring (bicyclic) bond motifs is 1. The maximum absolute atomic E-state index is 11.9. The molecule has 4 nitrogen and oxygen atoms in total. The molecule has 0 aliphatic rings. The first-order valence-corrected chi connectivity index (χ1v) is 8.29. The van der Waals surface area contributed by atoms with E-state index in [2.05, 4.69) is 21.8 Å². The maximum Gasteiger partial charge on any atom is 0.407 e. The average Bonchev–Trinajstić information content (AvgIpc) is 3.03. The minimum absolute atomic E-state index is 0.00836. The average molecular weight is 326 g/mol. The van der Waals surface area contributed by atoms with Crippen LogP contribution in [0.3, 0.4) is 0 Å². The number of rotatable bonds is 5. The van der Waals surface area contributed by atoms with Crippen molar-refractivity contribution < 1.29 is 9.53 Å². The van der Waals surface area contributed by atoms with Gasteiger partial charge in [-0.05, 0) is 36.0 Å². The normalized spacial score (nSPS) is 12.0. The van der Waals surface area contributed by atoms with E-state index in [0.29, 0.717) is 0 Å². The number of benzene rings is 2. The summed E-state index contributed by atoms with van der Waals surface area (Å²) in [7, 11) is 0. The van der Waals surface area contributed by atoms with Crippen molar-refractivity contribution in [3.05, 3.63) is 65.9 Å². The number of nitrogens with one attached hydrogen (secondary N) is 1. The summed E-state index contributed by atoms with van der Waals surface area (Å²) in [4.78, 5) is 11.9. The number of nitrogens with zero attached hydrogens (tertiary/aromatic N) is 1. The summed E-state index contributed by atoms with van der Waals surface area (Å²) in [5.41, 5.74) is 2.17. The Bertz CT molecular complexity index is 786. The molecule has 5 heteroatoms. The van der Waals surface area contributed by atoms with Gasteiger partial charge in [-0.15, -0.1) is 0 Å². The highest BCUT2D eigenvalue weighted by Gasteiger charge is 2.12. The van der Waals surface area contributed by atoms with Crippen molar-refractivity contribution in [1.29, 1.82) is 0 Å². The maximum atomic E-state index is 11.9. The van der Waals surface area contributed by atoms with Gasteiger partial charge in [-0.2, -0.15) is 4.37 Å². The van der Waals surface area contributed by atoms with Gasteiger partial charge in [0.2, 0.25) is 0 Å². The highest BCUT2D eigenvalue weighted by Crippen LogP contribution is 2.23. The molecule has 0 saturated heterocycles. The molecular formula is C18H18N2O2S. The van der Waals surface area contributed by atoms with Crippen LogP contribution in [0.5, 0.6) is 0 Å². The van der Waals surface area contributed by atoms with Crippen molar-refractivity contribution in [2.45, 2.75) is 26.0 Å². The Morgan fingerprint density at radius 2 is 2.04 bits per heavy atom. The van der Waals surface area contributed by atoms with Crippen LogP contribution >= 0.6 is 11.5 Å². The molecule has 0 aliphatic carbocycles. The molecule has 2 aromatic carbocycles. The third kappa shape index (κ3) is 4.07. The van der Waals surface area contributed by atoms with E-state index in [0.717, 1.165) is 17.4 Å². The van der Waals surface area contributed by atoms with Crippen LogP contribution in [0.25, 0.3) is 10.1 Å². The lowest BCUT2D eigenvalue weighted by molar-refractivity contribution is 0.136. The van der Waals surface area contributed by atoms with Crippen LogP contribution in [0.4, 0.5) is 4.79 Å². The monoisotopic (exact) mass is 326 g/mol. The Hall–Kier alpha value is -2.40. The fraction of sp³-hybridized carbons (Fsp3) is 0.222. The van der Waals surface area contributed by atoms with Crippen molar-refractivity contribution in [1.82, 2.24) is 9.69 Å². The highest BCUT2D eigenvalue weighted by atomic mass is 32.1. The molecule has 3 aromatic rings. The van der Waals surface area contributed by atoms with E-state index in [-0.39, 0.29) is 12.6 Å². The second kappa shape index (κ2) is 7.24. The molecule has 1 unspecified atom stereocenters. The van der Waals surface area contributed by atoms with Crippen LogP contribution in [-0.2, 0) is 17.8 Å². The molecule has 0 radical (unpaired) electrons. The van der Waals surface area contributed by atoms with Crippen LogP contribution in [0, 0.1) is 0 Å². The van der Waals surface area contributed by atoms with Gasteiger partial charge < -0.3 is 10.1 Å². The van der Waals surface area contributed by atoms with Gasteiger partial charge in [0.25, 0.3) is 0 Å². The zero-order chi connectivity index (χ0) is 16.1. The lowest BCUT2D eigenvalue weighted by atomic mass is 10.1. The third-order valence-electron chi connectivity index (χ3n) is 3.57. The molecule has 0 saturated carbocycles. The summed E-state index contributed by atoms with van der Waals surface area (Å²) >= 11 is 1.49. The quantitative estimate of drug-likeness (QED) is 0.766. The van der Waals surface area contributed by atoms with Gasteiger partial charge in [0, 0.05) is 17.6 Å². The van der Waals surface area contributed by atoms with Crippen molar-refractivity contribution >= 4 is 27.7 Å². The standard InChI is InChI=1S/C18H18N2O2S/c1-13(10-15-8-5-9-16-11-19-23-17(15)16)20-18(21)22-12-14-6-3-2-4-7-14/h2-9,11,13H,10,12H2,1H3,(H,20,21). The molecule has 0 bridgehead atoms. The van der Waals surface area contributed by atoms with Crippen LogP contribution in [0.1, 0.15) is 18.1 Å². The molecule has 1 N–H and O–H groups in total. The first kappa shape index (κ1) is 15.5. The molecule has 1 heterocycles. The number of amides is 1. The second-order valence-electron chi connectivity index (χ2n) is 5.47. The molecular weight excluding hydrogens is 308 g/mol. The van der Waals surface area contributed by atoms with Crippen LogP contribution in [0.2, 0.25) is 0 Å². The number of hydrogen-bond acceptors (Lipinski definition) is 4. The van der Waals surface area contributed by atoms with E-state index in [1.807, 2.05) is 49.5 Å². The smallest absolute Gasteiger partial charge is 0.407 e. The molecule has 1 aromatic heterocycles. The SMILES string of the molecule is CC(Cc1cccc2cnsc12)NC(=O)OCc1ccccc1. The minimum atomic E-state index is -0.391. The summed E-state index contributed by atoms with van der Waals surface area (Å²) in [5.74, 6) is 0. The largest absolute Gasteiger partial charge is 0.445 e. The van der Waals surface area contributed by atoms with Gasteiger partial charge in [0.1, 0.15) is 6.61 Å². The van der Waals surface area contributed by atoms with E-state index >= 15 is 0 Å². The predicted octanol–water partition coefficient (Wildman–Crippen LogP) is 4.15.